The molecule has 0 saturated carbocycles. The van der Waals surface area contributed by atoms with Gasteiger partial charge in [0.15, 0.2) is 5.78 Å². The first-order chi connectivity index (χ1) is 15.0. The number of hydrogen-bond acceptors (Lipinski definition) is 4. The van der Waals surface area contributed by atoms with Crippen LogP contribution in [0.25, 0.3) is 0 Å². The average Bonchev–Trinajstić information content (AvgIpc) is 2.81. The van der Waals surface area contributed by atoms with Crippen molar-refractivity contribution in [2.45, 2.75) is 32.3 Å². The van der Waals surface area contributed by atoms with Crippen LogP contribution in [0.15, 0.2) is 72.8 Å². The summed E-state index contributed by atoms with van der Waals surface area (Å²) in [6.45, 7) is 5.53. The maximum absolute atomic E-state index is 13.4. The summed E-state index contributed by atoms with van der Waals surface area (Å²) < 4.78 is 6.19. The van der Waals surface area contributed by atoms with Crippen molar-refractivity contribution >= 4 is 11.8 Å². The summed E-state index contributed by atoms with van der Waals surface area (Å²) in [4.78, 5) is 26.6. The third kappa shape index (κ3) is 4.30. The van der Waals surface area contributed by atoms with Crippen molar-refractivity contribution < 1.29 is 14.3 Å². The lowest BCUT2D eigenvalue weighted by Crippen LogP contribution is -2.43. The van der Waals surface area contributed by atoms with E-state index in [-0.39, 0.29) is 5.78 Å². The predicted octanol–water partition coefficient (Wildman–Crippen LogP) is 4.97. The van der Waals surface area contributed by atoms with E-state index in [0.717, 1.165) is 29.8 Å². The van der Waals surface area contributed by atoms with Crippen LogP contribution in [0.3, 0.4) is 0 Å². The second-order valence-corrected chi connectivity index (χ2v) is 8.17. The summed E-state index contributed by atoms with van der Waals surface area (Å²) >= 11 is 0. The molecule has 4 heteroatoms. The van der Waals surface area contributed by atoms with E-state index in [1.54, 1.807) is 24.3 Å². The Kier molecular flexibility index (Phi) is 6.01. The van der Waals surface area contributed by atoms with Gasteiger partial charge in [-0.2, -0.15) is 0 Å². The van der Waals surface area contributed by atoms with Crippen LogP contribution in [0, 0.1) is 13.8 Å². The summed E-state index contributed by atoms with van der Waals surface area (Å²) in [5, 5.41) is 3.34. The third-order valence-electron chi connectivity index (χ3n) is 6.16. The molecule has 0 unspecified atom stereocenters. The van der Waals surface area contributed by atoms with Crippen LogP contribution in [-0.2, 0) is 10.3 Å². The van der Waals surface area contributed by atoms with Crippen molar-refractivity contribution in [3.8, 4) is 0 Å². The zero-order chi connectivity index (χ0) is 21.8. The molecular formula is C27H27NO3. The molecule has 1 aliphatic heterocycles. The largest absolute Gasteiger partial charge is 0.450 e. The van der Waals surface area contributed by atoms with Gasteiger partial charge in [0.1, 0.15) is 5.60 Å². The summed E-state index contributed by atoms with van der Waals surface area (Å²) in [7, 11) is 0. The maximum Gasteiger partial charge on any atom is 0.339 e. The SMILES string of the molecule is Cc1ccc(C(=O)c2ccccc2C(=O)OC2(c3ccccc3)CCNCC2)cc1C. The number of hydrogen-bond donors (Lipinski definition) is 1. The zero-order valence-corrected chi connectivity index (χ0v) is 18.0. The van der Waals surface area contributed by atoms with E-state index in [1.807, 2.05) is 62.4 Å². The molecule has 0 bridgehead atoms. The van der Waals surface area contributed by atoms with Gasteiger partial charge < -0.3 is 10.1 Å². The Bertz CT molecular complexity index is 1100. The summed E-state index contributed by atoms with van der Waals surface area (Å²) in [6.07, 6.45) is 1.38. The van der Waals surface area contributed by atoms with Crippen molar-refractivity contribution in [3.05, 3.63) is 106 Å². The van der Waals surface area contributed by atoms with E-state index in [4.69, 9.17) is 4.74 Å². The molecule has 0 atom stereocenters. The molecule has 31 heavy (non-hydrogen) atoms. The highest BCUT2D eigenvalue weighted by atomic mass is 16.6. The second-order valence-electron chi connectivity index (χ2n) is 8.17. The number of ketones is 1. The first-order valence-electron chi connectivity index (χ1n) is 10.7. The minimum absolute atomic E-state index is 0.172. The Morgan fingerprint density at radius 3 is 2.13 bits per heavy atom. The van der Waals surface area contributed by atoms with Gasteiger partial charge in [-0.05, 0) is 55.8 Å². The lowest BCUT2D eigenvalue weighted by Gasteiger charge is -2.37. The highest BCUT2D eigenvalue weighted by Gasteiger charge is 2.38. The number of ether oxygens (including phenoxy) is 1. The van der Waals surface area contributed by atoms with Gasteiger partial charge in [0, 0.05) is 24.0 Å². The van der Waals surface area contributed by atoms with Crippen LogP contribution in [-0.4, -0.2) is 24.8 Å². The van der Waals surface area contributed by atoms with E-state index in [1.165, 1.54) is 0 Å². The first kappa shape index (κ1) is 21.0. The second kappa shape index (κ2) is 8.86. The molecule has 0 aromatic heterocycles. The zero-order valence-electron chi connectivity index (χ0n) is 18.0. The Hall–Kier alpha value is -3.24. The highest BCUT2D eigenvalue weighted by molar-refractivity contribution is 6.14. The number of piperidine rings is 1. The molecule has 0 radical (unpaired) electrons. The van der Waals surface area contributed by atoms with Crippen LogP contribution in [0.4, 0.5) is 0 Å². The number of rotatable bonds is 5. The molecule has 0 amide bonds. The Morgan fingerprint density at radius 2 is 1.45 bits per heavy atom. The molecule has 3 aromatic carbocycles. The molecule has 1 N–H and O–H groups in total. The summed E-state index contributed by atoms with van der Waals surface area (Å²) in [5.41, 5.74) is 3.71. The van der Waals surface area contributed by atoms with Crippen molar-refractivity contribution in [1.29, 1.82) is 0 Å². The standard InChI is InChI=1S/C27H27NO3/c1-19-12-13-21(18-20(19)2)25(29)23-10-6-7-11-24(23)26(30)31-27(14-16-28-17-15-27)22-8-4-3-5-9-22/h3-13,18,28H,14-17H2,1-2H3. The maximum atomic E-state index is 13.4. The number of benzene rings is 3. The number of esters is 1. The molecule has 4 nitrogen and oxygen atoms in total. The molecule has 1 heterocycles. The molecule has 1 aliphatic rings. The summed E-state index contributed by atoms with van der Waals surface area (Å²) in [5.74, 6) is -0.631. The van der Waals surface area contributed by atoms with E-state index in [2.05, 4.69) is 5.32 Å². The van der Waals surface area contributed by atoms with Gasteiger partial charge in [-0.25, -0.2) is 4.79 Å². The molecule has 0 spiro atoms. The smallest absolute Gasteiger partial charge is 0.339 e. The van der Waals surface area contributed by atoms with E-state index < -0.39 is 11.6 Å². The van der Waals surface area contributed by atoms with Crippen LogP contribution >= 0.6 is 0 Å². The minimum atomic E-state index is -0.694. The molecule has 1 saturated heterocycles. The monoisotopic (exact) mass is 413 g/mol. The highest BCUT2D eigenvalue weighted by Crippen LogP contribution is 2.36. The third-order valence-corrected chi connectivity index (χ3v) is 6.16. The Balaban J connectivity index is 1.67. The lowest BCUT2D eigenvalue weighted by atomic mass is 9.84. The van der Waals surface area contributed by atoms with E-state index in [0.29, 0.717) is 29.5 Å². The molecule has 158 valence electrons. The number of aryl methyl sites for hydroxylation is 2. The van der Waals surface area contributed by atoms with Crippen LogP contribution < -0.4 is 5.32 Å². The van der Waals surface area contributed by atoms with Crippen molar-refractivity contribution in [1.82, 2.24) is 5.32 Å². The van der Waals surface area contributed by atoms with Gasteiger partial charge in [0.25, 0.3) is 0 Å². The van der Waals surface area contributed by atoms with Gasteiger partial charge in [0.2, 0.25) is 0 Å². The fourth-order valence-electron chi connectivity index (χ4n) is 4.15. The van der Waals surface area contributed by atoms with E-state index >= 15 is 0 Å². The predicted molar refractivity (Wildman–Crippen MR) is 121 cm³/mol. The fourth-order valence-corrected chi connectivity index (χ4v) is 4.15. The van der Waals surface area contributed by atoms with Crippen LogP contribution in [0.5, 0.6) is 0 Å². The van der Waals surface area contributed by atoms with Crippen molar-refractivity contribution in [2.75, 3.05) is 13.1 Å². The van der Waals surface area contributed by atoms with Gasteiger partial charge in [-0.15, -0.1) is 0 Å². The Morgan fingerprint density at radius 1 is 0.806 bits per heavy atom. The van der Waals surface area contributed by atoms with Crippen molar-refractivity contribution in [2.24, 2.45) is 0 Å². The van der Waals surface area contributed by atoms with Gasteiger partial charge in [0.05, 0.1) is 5.56 Å². The fraction of sp³-hybridized carbons (Fsp3) is 0.259. The van der Waals surface area contributed by atoms with Gasteiger partial charge in [-0.3, -0.25) is 4.79 Å². The van der Waals surface area contributed by atoms with Crippen molar-refractivity contribution in [3.63, 3.8) is 0 Å². The molecule has 4 rings (SSSR count). The minimum Gasteiger partial charge on any atom is -0.450 e. The average molecular weight is 414 g/mol. The van der Waals surface area contributed by atoms with Gasteiger partial charge in [-0.1, -0.05) is 60.7 Å². The molecule has 3 aromatic rings. The normalized spacial score (nSPS) is 15.3. The molecule has 1 fully saturated rings. The first-order valence-corrected chi connectivity index (χ1v) is 10.7. The molecular weight excluding hydrogens is 386 g/mol. The lowest BCUT2D eigenvalue weighted by molar-refractivity contribution is -0.0379. The number of carbonyl (C=O) groups is 2. The van der Waals surface area contributed by atoms with Crippen LogP contribution in [0.1, 0.15) is 55.8 Å². The molecule has 0 aliphatic carbocycles. The summed E-state index contributed by atoms with van der Waals surface area (Å²) in [6, 6.07) is 22.4. The van der Waals surface area contributed by atoms with E-state index in [9.17, 15) is 9.59 Å². The Labute approximate surface area is 183 Å². The topological polar surface area (TPSA) is 55.4 Å². The quantitative estimate of drug-likeness (QED) is 0.474. The van der Waals surface area contributed by atoms with Gasteiger partial charge >= 0.3 is 5.97 Å². The number of carbonyl (C=O) groups excluding carboxylic acids is 2. The van der Waals surface area contributed by atoms with Crippen LogP contribution in [0.2, 0.25) is 0 Å². The number of nitrogens with one attached hydrogen (secondary N) is 1.